The van der Waals surface area contributed by atoms with Gasteiger partial charge in [-0.3, -0.25) is 4.79 Å². The predicted molar refractivity (Wildman–Crippen MR) is 82.7 cm³/mol. The van der Waals surface area contributed by atoms with E-state index in [4.69, 9.17) is 9.84 Å². The van der Waals surface area contributed by atoms with Crippen LogP contribution in [-0.4, -0.2) is 24.2 Å². The molecule has 4 nitrogen and oxygen atoms in total. The van der Waals surface area contributed by atoms with Gasteiger partial charge in [0.05, 0.1) is 12.6 Å². The van der Waals surface area contributed by atoms with E-state index in [0.717, 1.165) is 15.8 Å². The Balaban J connectivity index is 2.83. The van der Waals surface area contributed by atoms with Gasteiger partial charge in [0.25, 0.3) is 0 Å². The third-order valence-electron chi connectivity index (χ3n) is 2.89. The second-order valence-corrected chi connectivity index (χ2v) is 5.91. The molecular weight excluding hydrogens is 322 g/mol. The van der Waals surface area contributed by atoms with Gasteiger partial charge in [0.15, 0.2) is 0 Å². The third kappa shape index (κ3) is 5.13. The summed E-state index contributed by atoms with van der Waals surface area (Å²) in [7, 11) is 0. The van der Waals surface area contributed by atoms with Crippen LogP contribution in [0.15, 0.2) is 22.7 Å². The van der Waals surface area contributed by atoms with Gasteiger partial charge in [0, 0.05) is 29.0 Å². The summed E-state index contributed by atoms with van der Waals surface area (Å²) in [6.45, 7) is 6.21. The molecule has 1 aromatic carbocycles. The lowest BCUT2D eigenvalue weighted by atomic mass is 10.1. The fourth-order valence-electron chi connectivity index (χ4n) is 1.70. The molecule has 0 aromatic heterocycles. The highest BCUT2D eigenvalue weighted by molar-refractivity contribution is 9.10. The average Bonchev–Trinajstić information content (AvgIpc) is 2.38. The molecular formula is C15H22BrNO3. The number of carbonyl (C=O) groups is 1. The Bertz CT molecular complexity index is 449. The molecule has 0 fully saturated rings. The zero-order valence-corrected chi connectivity index (χ0v) is 13.7. The van der Waals surface area contributed by atoms with Gasteiger partial charge < -0.3 is 15.2 Å². The average molecular weight is 344 g/mol. The van der Waals surface area contributed by atoms with E-state index in [-0.39, 0.29) is 24.5 Å². The lowest BCUT2D eigenvalue weighted by Crippen LogP contribution is -2.30. The predicted octanol–water partition coefficient (Wildman–Crippen LogP) is 3.04. The van der Waals surface area contributed by atoms with Gasteiger partial charge >= 0.3 is 0 Å². The molecule has 0 spiro atoms. The van der Waals surface area contributed by atoms with Crippen molar-refractivity contribution in [2.24, 2.45) is 5.92 Å². The number of aliphatic hydroxyl groups is 1. The normalized spacial score (nSPS) is 12.3. The lowest BCUT2D eigenvalue weighted by Gasteiger charge is -2.19. The zero-order valence-electron chi connectivity index (χ0n) is 12.1. The Morgan fingerprint density at radius 3 is 2.70 bits per heavy atom. The first-order valence-electron chi connectivity index (χ1n) is 6.79. The number of halogens is 1. The molecule has 20 heavy (non-hydrogen) atoms. The minimum Gasteiger partial charge on any atom is -0.493 e. The number of benzene rings is 1. The molecule has 0 saturated heterocycles. The summed E-state index contributed by atoms with van der Waals surface area (Å²) in [5.74, 6) is 0.692. The number of aliphatic hydroxyl groups excluding tert-OH is 1. The Kier molecular flexibility index (Phi) is 7.02. The van der Waals surface area contributed by atoms with Crippen molar-refractivity contribution in [1.82, 2.24) is 5.32 Å². The monoisotopic (exact) mass is 343 g/mol. The van der Waals surface area contributed by atoms with E-state index in [2.05, 4.69) is 21.2 Å². The fraction of sp³-hybridized carbons (Fsp3) is 0.533. The first-order chi connectivity index (χ1) is 9.45. The first-order valence-corrected chi connectivity index (χ1v) is 7.58. The molecule has 5 heteroatoms. The molecule has 0 radical (unpaired) electrons. The van der Waals surface area contributed by atoms with Crippen LogP contribution in [0.3, 0.4) is 0 Å². The van der Waals surface area contributed by atoms with Crippen molar-refractivity contribution in [3.8, 4) is 5.75 Å². The minimum absolute atomic E-state index is 0.0155. The van der Waals surface area contributed by atoms with Gasteiger partial charge in [0.2, 0.25) is 5.91 Å². The van der Waals surface area contributed by atoms with Gasteiger partial charge in [-0.2, -0.15) is 0 Å². The Labute approximate surface area is 128 Å². The fourth-order valence-corrected chi connectivity index (χ4v) is 2.04. The Morgan fingerprint density at radius 1 is 1.40 bits per heavy atom. The van der Waals surface area contributed by atoms with Crippen LogP contribution in [-0.2, 0) is 4.79 Å². The van der Waals surface area contributed by atoms with Gasteiger partial charge in [-0.15, -0.1) is 0 Å². The topological polar surface area (TPSA) is 58.6 Å². The van der Waals surface area contributed by atoms with Crippen molar-refractivity contribution in [2.75, 3.05) is 13.2 Å². The molecule has 1 rings (SSSR count). The van der Waals surface area contributed by atoms with E-state index in [1.807, 2.05) is 39.0 Å². The van der Waals surface area contributed by atoms with Crippen molar-refractivity contribution in [1.29, 1.82) is 0 Å². The number of carbonyl (C=O) groups excluding carboxylic acids is 1. The highest BCUT2D eigenvalue weighted by Gasteiger charge is 2.16. The maximum Gasteiger partial charge on any atom is 0.223 e. The van der Waals surface area contributed by atoms with Crippen molar-refractivity contribution >= 4 is 21.8 Å². The summed E-state index contributed by atoms with van der Waals surface area (Å²) >= 11 is 3.41. The second kappa shape index (κ2) is 8.27. The summed E-state index contributed by atoms with van der Waals surface area (Å²) in [4.78, 5) is 11.8. The van der Waals surface area contributed by atoms with E-state index < -0.39 is 0 Å². The number of nitrogens with one attached hydrogen (secondary N) is 1. The Morgan fingerprint density at radius 2 is 2.10 bits per heavy atom. The zero-order chi connectivity index (χ0) is 15.1. The number of ether oxygens (including phenoxy) is 1. The second-order valence-electron chi connectivity index (χ2n) is 4.99. The van der Waals surface area contributed by atoms with Crippen LogP contribution in [0.25, 0.3) is 0 Å². The van der Waals surface area contributed by atoms with E-state index in [1.165, 1.54) is 0 Å². The number of rotatable bonds is 7. The third-order valence-corrected chi connectivity index (χ3v) is 3.38. The summed E-state index contributed by atoms with van der Waals surface area (Å²) in [5.41, 5.74) is 0.931. The van der Waals surface area contributed by atoms with Crippen molar-refractivity contribution < 1.29 is 14.6 Å². The summed E-state index contributed by atoms with van der Waals surface area (Å²) in [6.07, 6.45) is 0.582. The molecule has 0 aliphatic carbocycles. The molecule has 1 aromatic rings. The lowest BCUT2D eigenvalue weighted by molar-refractivity contribution is -0.124. The summed E-state index contributed by atoms with van der Waals surface area (Å²) < 4.78 is 6.60. The minimum atomic E-state index is -0.123. The maximum absolute atomic E-state index is 11.8. The van der Waals surface area contributed by atoms with Gasteiger partial charge in [0.1, 0.15) is 5.75 Å². The number of amides is 1. The van der Waals surface area contributed by atoms with E-state index in [1.54, 1.807) is 0 Å². The maximum atomic E-state index is 11.8. The SMILES string of the molecule is CC(C)C(=O)N[C@@H](C)c1ccc(Br)cc1OCCCO. The van der Waals surface area contributed by atoms with Crippen molar-refractivity contribution in [3.63, 3.8) is 0 Å². The van der Waals surface area contributed by atoms with Crippen LogP contribution in [0.1, 0.15) is 38.8 Å². The van der Waals surface area contributed by atoms with E-state index in [9.17, 15) is 4.79 Å². The molecule has 1 atom stereocenters. The molecule has 1 amide bonds. The number of hydrogen-bond donors (Lipinski definition) is 2. The standard InChI is InChI=1S/C15H22BrNO3/c1-10(2)15(19)17-11(3)13-6-5-12(16)9-14(13)20-8-4-7-18/h5-6,9-11,18H,4,7-8H2,1-3H3,(H,17,19)/t11-/m0/s1. The number of hydrogen-bond acceptors (Lipinski definition) is 3. The van der Waals surface area contributed by atoms with E-state index in [0.29, 0.717) is 13.0 Å². The van der Waals surface area contributed by atoms with Crippen LogP contribution < -0.4 is 10.1 Å². The van der Waals surface area contributed by atoms with E-state index >= 15 is 0 Å². The smallest absolute Gasteiger partial charge is 0.223 e. The van der Waals surface area contributed by atoms with Crippen LogP contribution >= 0.6 is 15.9 Å². The van der Waals surface area contributed by atoms with Crippen molar-refractivity contribution in [3.05, 3.63) is 28.2 Å². The van der Waals surface area contributed by atoms with Gasteiger partial charge in [-0.05, 0) is 19.1 Å². The summed E-state index contributed by atoms with van der Waals surface area (Å²) in [5, 5.41) is 11.8. The molecule has 0 bridgehead atoms. The molecule has 0 saturated carbocycles. The Hall–Kier alpha value is -1.07. The molecule has 0 aliphatic heterocycles. The van der Waals surface area contributed by atoms with Crippen LogP contribution in [0.2, 0.25) is 0 Å². The molecule has 112 valence electrons. The molecule has 0 unspecified atom stereocenters. The van der Waals surface area contributed by atoms with Crippen molar-refractivity contribution in [2.45, 2.75) is 33.2 Å². The van der Waals surface area contributed by atoms with Gasteiger partial charge in [-0.1, -0.05) is 35.8 Å². The van der Waals surface area contributed by atoms with Crippen LogP contribution in [0, 0.1) is 5.92 Å². The summed E-state index contributed by atoms with van der Waals surface area (Å²) in [6, 6.07) is 5.61. The first kappa shape index (κ1) is 17.0. The highest BCUT2D eigenvalue weighted by Crippen LogP contribution is 2.29. The largest absolute Gasteiger partial charge is 0.493 e. The van der Waals surface area contributed by atoms with Gasteiger partial charge in [-0.25, -0.2) is 0 Å². The van der Waals surface area contributed by atoms with Crippen LogP contribution in [0.4, 0.5) is 0 Å². The molecule has 0 aliphatic rings. The quantitative estimate of drug-likeness (QED) is 0.748. The van der Waals surface area contributed by atoms with Crippen LogP contribution in [0.5, 0.6) is 5.75 Å². The molecule has 0 heterocycles. The molecule has 2 N–H and O–H groups in total. The highest BCUT2D eigenvalue weighted by atomic mass is 79.9.